The number of aryl methyl sites for hydroxylation is 1. The SMILES string of the molecule is Cc1nc2ccc(Br)cc2c(=O)n1N=Cc1cc(Br)ccc1OCc1ccccc1Cl. The summed E-state index contributed by atoms with van der Waals surface area (Å²) in [5, 5.41) is 5.54. The van der Waals surface area contributed by atoms with Gasteiger partial charge in [-0.25, -0.2) is 4.98 Å². The molecule has 0 bridgehead atoms. The number of fused-ring (bicyclic) bond motifs is 1. The largest absolute Gasteiger partial charge is 0.488 e. The van der Waals surface area contributed by atoms with E-state index in [2.05, 4.69) is 41.9 Å². The van der Waals surface area contributed by atoms with Crippen molar-refractivity contribution in [1.82, 2.24) is 9.66 Å². The lowest BCUT2D eigenvalue weighted by molar-refractivity contribution is 0.306. The van der Waals surface area contributed by atoms with E-state index in [1.807, 2.05) is 48.5 Å². The fourth-order valence-corrected chi connectivity index (χ4v) is 3.97. The predicted octanol–water partition coefficient (Wildman–Crippen LogP) is 6.34. The predicted molar refractivity (Wildman–Crippen MR) is 131 cm³/mol. The van der Waals surface area contributed by atoms with Crippen molar-refractivity contribution in [2.24, 2.45) is 5.10 Å². The molecule has 0 atom stereocenters. The quantitative estimate of drug-likeness (QED) is 0.267. The molecule has 0 fully saturated rings. The summed E-state index contributed by atoms with van der Waals surface area (Å²) in [6.07, 6.45) is 1.59. The molecule has 0 saturated heterocycles. The number of aromatic nitrogens is 2. The smallest absolute Gasteiger partial charge is 0.282 e. The van der Waals surface area contributed by atoms with Crippen LogP contribution in [-0.4, -0.2) is 15.9 Å². The highest BCUT2D eigenvalue weighted by Crippen LogP contribution is 2.24. The van der Waals surface area contributed by atoms with E-state index in [-0.39, 0.29) is 5.56 Å². The molecule has 0 radical (unpaired) electrons. The summed E-state index contributed by atoms with van der Waals surface area (Å²) in [5.74, 6) is 1.11. The lowest BCUT2D eigenvalue weighted by Gasteiger charge is -2.11. The number of halogens is 3. The molecular formula is C23H16Br2ClN3O2. The number of hydrogen-bond donors (Lipinski definition) is 0. The average molecular weight is 562 g/mol. The van der Waals surface area contributed by atoms with Crippen molar-refractivity contribution in [3.8, 4) is 5.75 Å². The van der Waals surface area contributed by atoms with Crippen molar-refractivity contribution in [2.45, 2.75) is 13.5 Å². The lowest BCUT2D eigenvalue weighted by Crippen LogP contribution is -2.20. The highest BCUT2D eigenvalue weighted by atomic mass is 79.9. The Morgan fingerprint density at radius 2 is 1.84 bits per heavy atom. The van der Waals surface area contributed by atoms with E-state index in [4.69, 9.17) is 16.3 Å². The van der Waals surface area contributed by atoms with E-state index in [1.54, 1.807) is 25.3 Å². The first-order valence-corrected chi connectivity index (χ1v) is 11.3. The second-order valence-electron chi connectivity index (χ2n) is 6.74. The first-order valence-electron chi connectivity index (χ1n) is 9.31. The van der Waals surface area contributed by atoms with E-state index in [1.165, 1.54) is 4.68 Å². The van der Waals surface area contributed by atoms with Crippen LogP contribution in [0.5, 0.6) is 5.75 Å². The van der Waals surface area contributed by atoms with Crippen LogP contribution in [0.15, 0.2) is 79.5 Å². The van der Waals surface area contributed by atoms with Gasteiger partial charge in [-0.15, -0.1) is 0 Å². The molecule has 5 nitrogen and oxygen atoms in total. The number of nitrogens with zero attached hydrogens (tertiary/aromatic N) is 3. The molecule has 0 aliphatic heterocycles. The molecule has 0 aliphatic rings. The zero-order valence-corrected chi connectivity index (χ0v) is 20.3. The summed E-state index contributed by atoms with van der Waals surface area (Å²) in [6.45, 7) is 2.06. The van der Waals surface area contributed by atoms with Gasteiger partial charge in [0.1, 0.15) is 18.2 Å². The standard InChI is InChI=1S/C23H16Br2ClN3O2/c1-14-28-21-8-6-18(25)11-19(21)23(30)29(14)27-12-16-10-17(24)7-9-22(16)31-13-15-4-2-3-5-20(15)26/h2-12H,13H2,1H3. The van der Waals surface area contributed by atoms with E-state index in [0.717, 1.165) is 14.5 Å². The summed E-state index contributed by atoms with van der Waals surface area (Å²) < 4.78 is 8.94. The molecule has 3 aromatic carbocycles. The van der Waals surface area contributed by atoms with E-state index < -0.39 is 0 Å². The van der Waals surface area contributed by atoms with Crippen LogP contribution in [0.1, 0.15) is 17.0 Å². The normalized spacial score (nSPS) is 11.4. The highest BCUT2D eigenvalue weighted by Gasteiger charge is 2.09. The van der Waals surface area contributed by atoms with Gasteiger partial charge in [0, 0.05) is 25.1 Å². The summed E-state index contributed by atoms with van der Waals surface area (Å²) in [7, 11) is 0. The molecule has 0 amide bonds. The molecule has 0 saturated carbocycles. The minimum absolute atomic E-state index is 0.242. The molecule has 4 aromatic rings. The van der Waals surface area contributed by atoms with E-state index in [0.29, 0.717) is 39.7 Å². The van der Waals surface area contributed by atoms with Crippen molar-refractivity contribution in [2.75, 3.05) is 0 Å². The summed E-state index contributed by atoms with van der Waals surface area (Å²) >= 11 is 13.1. The van der Waals surface area contributed by atoms with Gasteiger partial charge in [-0.2, -0.15) is 9.78 Å². The Balaban J connectivity index is 1.69. The van der Waals surface area contributed by atoms with Crippen molar-refractivity contribution in [3.63, 3.8) is 0 Å². The zero-order valence-electron chi connectivity index (χ0n) is 16.3. The second kappa shape index (κ2) is 9.34. The zero-order chi connectivity index (χ0) is 22.0. The van der Waals surface area contributed by atoms with Gasteiger partial charge in [0.2, 0.25) is 0 Å². The monoisotopic (exact) mass is 559 g/mol. The molecule has 0 N–H and O–H groups in total. The molecule has 0 aliphatic carbocycles. The number of hydrogen-bond acceptors (Lipinski definition) is 4. The van der Waals surface area contributed by atoms with Gasteiger partial charge in [0.15, 0.2) is 0 Å². The lowest BCUT2D eigenvalue weighted by atomic mass is 10.2. The van der Waals surface area contributed by atoms with Crippen LogP contribution in [0.2, 0.25) is 5.02 Å². The number of rotatable bonds is 5. The van der Waals surface area contributed by atoms with Crippen LogP contribution >= 0.6 is 43.5 Å². The van der Waals surface area contributed by atoms with Crippen LogP contribution in [0, 0.1) is 6.92 Å². The highest BCUT2D eigenvalue weighted by molar-refractivity contribution is 9.10. The van der Waals surface area contributed by atoms with Gasteiger partial charge in [-0.1, -0.05) is 61.7 Å². The maximum atomic E-state index is 13.0. The second-order valence-corrected chi connectivity index (χ2v) is 8.98. The molecule has 1 heterocycles. The van der Waals surface area contributed by atoms with Gasteiger partial charge in [-0.05, 0) is 49.4 Å². The van der Waals surface area contributed by atoms with Crippen molar-refractivity contribution in [3.05, 3.63) is 102 Å². The van der Waals surface area contributed by atoms with Gasteiger partial charge in [-0.3, -0.25) is 4.79 Å². The minimum atomic E-state index is -0.242. The summed E-state index contributed by atoms with van der Waals surface area (Å²) in [4.78, 5) is 17.4. The molecule has 31 heavy (non-hydrogen) atoms. The van der Waals surface area contributed by atoms with Crippen molar-refractivity contribution < 1.29 is 4.74 Å². The van der Waals surface area contributed by atoms with Gasteiger partial charge in [0.05, 0.1) is 17.1 Å². The molecule has 4 rings (SSSR count). The van der Waals surface area contributed by atoms with Gasteiger partial charge >= 0.3 is 0 Å². The Hall–Kier alpha value is -2.48. The Morgan fingerprint density at radius 1 is 1.10 bits per heavy atom. The third-order valence-electron chi connectivity index (χ3n) is 4.60. The molecular weight excluding hydrogens is 546 g/mol. The first-order chi connectivity index (χ1) is 14.9. The van der Waals surface area contributed by atoms with Crippen LogP contribution in [0.4, 0.5) is 0 Å². The maximum Gasteiger partial charge on any atom is 0.282 e. The maximum absolute atomic E-state index is 13.0. The Labute approximate surface area is 200 Å². The fourth-order valence-electron chi connectivity index (χ4n) is 3.04. The van der Waals surface area contributed by atoms with Crippen molar-refractivity contribution >= 4 is 60.6 Å². The molecule has 8 heteroatoms. The van der Waals surface area contributed by atoms with Gasteiger partial charge in [0.25, 0.3) is 5.56 Å². The minimum Gasteiger partial charge on any atom is -0.488 e. The Bertz CT molecular complexity index is 1370. The summed E-state index contributed by atoms with van der Waals surface area (Å²) in [5.41, 5.74) is 1.98. The number of ether oxygens (including phenoxy) is 1. The Morgan fingerprint density at radius 3 is 2.65 bits per heavy atom. The third-order valence-corrected chi connectivity index (χ3v) is 5.95. The van der Waals surface area contributed by atoms with Crippen LogP contribution in [0.3, 0.4) is 0 Å². The van der Waals surface area contributed by atoms with E-state index in [9.17, 15) is 4.79 Å². The summed E-state index contributed by atoms with van der Waals surface area (Å²) in [6, 6.07) is 18.5. The molecule has 0 unspecified atom stereocenters. The van der Waals surface area contributed by atoms with Crippen LogP contribution in [0.25, 0.3) is 10.9 Å². The van der Waals surface area contributed by atoms with Crippen molar-refractivity contribution in [1.29, 1.82) is 0 Å². The van der Waals surface area contributed by atoms with E-state index >= 15 is 0 Å². The topological polar surface area (TPSA) is 56.5 Å². The molecule has 156 valence electrons. The fraction of sp³-hybridized carbons (Fsp3) is 0.0870. The number of benzene rings is 3. The van der Waals surface area contributed by atoms with Crippen LogP contribution < -0.4 is 10.3 Å². The average Bonchev–Trinajstić information content (AvgIpc) is 2.74. The molecule has 0 spiro atoms. The first kappa shape index (κ1) is 21.7. The Kier molecular flexibility index (Phi) is 6.55. The third kappa shape index (κ3) is 4.89. The molecule has 1 aromatic heterocycles. The van der Waals surface area contributed by atoms with Gasteiger partial charge < -0.3 is 4.74 Å². The van der Waals surface area contributed by atoms with Crippen LogP contribution in [-0.2, 0) is 6.61 Å².